The Morgan fingerprint density at radius 2 is 1.98 bits per heavy atom. The lowest BCUT2D eigenvalue weighted by molar-refractivity contribution is -0.138. The van der Waals surface area contributed by atoms with Gasteiger partial charge in [0.1, 0.15) is 17.0 Å². The number of anilines is 1. The van der Waals surface area contributed by atoms with Gasteiger partial charge in [-0.25, -0.2) is 9.50 Å². The number of fused-ring (bicyclic) bond motifs is 1. The maximum Gasteiger partial charge on any atom is 0.387 e. The number of carbonyl (C=O) groups is 3. The summed E-state index contributed by atoms with van der Waals surface area (Å²) in [6, 6.07) is 9.33. The molecule has 0 aliphatic carbocycles. The minimum absolute atomic E-state index is 0.114. The van der Waals surface area contributed by atoms with Crippen molar-refractivity contribution in [2.24, 2.45) is 0 Å². The number of nitrogens with one attached hydrogen (secondary N) is 1. The van der Waals surface area contributed by atoms with E-state index in [9.17, 15) is 23.5 Å². The minimum Gasteiger partial charge on any atom is -0.483 e. The molecule has 45 heavy (non-hydrogen) atoms. The molecule has 0 unspecified atom stereocenters. The summed E-state index contributed by atoms with van der Waals surface area (Å²) in [6.45, 7) is -2.84. The van der Waals surface area contributed by atoms with Crippen molar-refractivity contribution in [1.29, 1.82) is 0 Å². The highest BCUT2D eigenvalue weighted by molar-refractivity contribution is 6.31. The number of ether oxygens (including phenoxy) is 1. The number of amides is 1. The van der Waals surface area contributed by atoms with Gasteiger partial charge >= 0.3 is 12.6 Å². The van der Waals surface area contributed by atoms with Gasteiger partial charge in [-0.3, -0.25) is 28.9 Å². The monoisotopic (exact) mass is 642 g/mol. The lowest BCUT2D eigenvalue weighted by Crippen LogP contribution is -2.32. The lowest BCUT2D eigenvalue weighted by atomic mass is 10.1. The van der Waals surface area contributed by atoms with E-state index in [1.165, 1.54) is 46.0 Å². The van der Waals surface area contributed by atoms with Crippen LogP contribution in [0.3, 0.4) is 0 Å². The number of hydrogen-bond acceptors (Lipinski definition) is 9. The summed E-state index contributed by atoms with van der Waals surface area (Å²) in [6.07, 6.45) is 9.30. The van der Waals surface area contributed by atoms with E-state index in [2.05, 4.69) is 25.5 Å². The molecule has 1 amide bonds. The maximum atomic E-state index is 13.3. The van der Waals surface area contributed by atoms with Crippen LogP contribution < -0.4 is 10.1 Å². The molecule has 17 heteroatoms. The number of halogens is 3. The number of rotatable bonds is 12. The summed E-state index contributed by atoms with van der Waals surface area (Å²) in [5, 5.41) is 28.0. The average Bonchev–Trinajstić information content (AvgIpc) is 3.61. The van der Waals surface area contributed by atoms with Crippen molar-refractivity contribution in [2.75, 3.05) is 18.4 Å². The second-order valence-corrected chi connectivity index (χ2v) is 9.58. The number of benzene rings is 1. The third kappa shape index (κ3) is 8.77. The molecule has 5 rings (SSSR count). The summed E-state index contributed by atoms with van der Waals surface area (Å²) in [5.74, 6) is -1.77. The Balaban J connectivity index is 0.00000148. The Morgan fingerprint density at radius 1 is 1.18 bits per heavy atom. The first-order chi connectivity index (χ1) is 21.7. The Bertz CT molecular complexity index is 1770. The summed E-state index contributed by atoms with van der Waals surface area (Å²) in [4.78, 5) is 43.1. The van der Waals surface area contributed by atoms with Crippen molar-refractivity contribution in [3.8, 4) is 17.0 Å². The normalized spacial score (nSPS) is 10.9. The predicted octanol–water partition coefficient (Wildman–Crippen LogP) is 3.78. The minimum atomic E-state index is -3.12. The first-order valence-electron chi connectivity index (χ1n) is 13.0. The fourth-order valence-electron chi connectivity index (χ4n) is 4.29. The molecule has 234 valence electrons. The smallest absolute Gasteiger partial charge is 0.387 e. The van der Waals surface area contributed by atoms with Gasteiger partial charge in [0.15, 0.2) is 5.65 Å². The van der Waals surface area contributed by atoms with Crippen LogP contribution in [-0.2, 0) is 22.7 Å². The third-order valence-corrected chi connectivity index (χ3v) is 6.31. The van der Waals surface area contributed by atoms with Gasteiger partial charge in [0, 0.05) is 54.7 Å². The number of aliphatic carboxylic acids is 1. The standard InChI is InChI=1S/C27H23ClF2N8O4.CH2O2/c28-18-4-5-22(42-27(29)30)19(11-18)24-21(34-26(41)20-13-33-38-8-2-7-32-25(20)38)15-37(35-24)10-9-36(16-23(39)40)14-17-3-1-6-31-12-17;2-1-3/h1-8,11-13,15,27H,9-10,14,16H2,(H,34,41)(H,39,40);1H,(H,2,3). The predicted molar refractivity (Wildman–Crippen MR) is 156 cm³/mol. The number of alkyl halides is 2. The van der Waals surface area contributed by atoms with E-state index in [0.717, 1.165) is 5.56 Å². The Morgan fingerprint density at radius 3 is 2.69 bits per heavy atom. The topological polar surface area (TPSA) is 177 Å². The van der Waals surface area contributed by atoms with Crippen LogP contribution in [0.1, 0.15) is 15.9 Å². The highest BCUT2D eigenvalue weighted by atomic mass is 35.5. The number of carboxylic acid groups (broad SMARTS) is 2. The maximum absolute atomic E-state index is 13.3. The van der Waals surface area contributed by atoms with Crippen LogP contribution in [0.15, 0.2) is 73.6 Å². The van der Waals surface area contributed by atoms with Crippen LogP contribution in [0.2, 0.25) is 5.02 Å². The van der Waals surface area contributed by atoms with Gasteiger partial charge in [0.25, 0.3) is 12.4 Å². The van der Waals surface area contributed by atoms with Gasteiger partial charge < -0.3 is 20.3 Å². The fourth-order valence-corrected chi connectivity index (χ4v) is 4.46. The molecule has 0 atom stereocenters. The van der Waals surface area contributed by atoms with Crippen LogP contribution in [-0.4, -0.2) is 82.5 Å². The van der Waals surface area contributed by atoms with Crippen molar-refractivity contribution in [3.63, 3.8) is 0 Å². The zero-order valence-electron chi connectivity index (χ0n) is 23.2. The van der Waals surface area contributed by atoms with Gasteiger partial charge in [0.2, 0.25) is 0 Å². The van der Waals surface area contributed by atoms with Gasteiger partial charge in [-0.2, -0.15) is 19.0 Å². The number of pyridine rings is 1. The number of carboxylic acids is 1. The van der Waals surface area contributed by atoms with Crippen molar-refractivity contribution >= 4 is 41.3 Å². The second-order valence-electron chi connectivity index (χ2n) is 9.14. The highest BCUT2D eigenvalue weighted by Crippen LogP contribution is 2.37. The van der Waals surface area contributed by atoms with Gasteiger partial charge in [-0.1, -0.05) is 17.7 Å². The van der Waals surface area contributed by atoms with E-state index in [1.807, 2.05) is 6.07 Å². The Labute approximate surface area is 258 Å². The summed E-state index contributed by atoms with van der Waals surface area (Å²) >= 11 is 6.19. The van der Waals surface area contributed by atoms with Crippen LogP contribution in [0.25, 0.3) is 16.9 Å². The number of carbonyl (C=O) groups excluding carboxylic acids is 1. The number of aromatic nitrogens is 6. The molecule has 3 N–H and O–H groups in total. The number of hydrogen-bond donors (Lipinski definition) is 3. The van der Waals surface area contributed by atoms with Crippen LogP contribution in [0.5, 0.6) is 5.75 Å². The second kappa shape index (κ2) is 15.3. The van der Waals surface area contributed by atoms with Crippen LogP contribution in [0.4, 0.5) is 14.5 Å². The van der Waals surface area contributed by atoms with Crippen molar-refractivity contribution < 1.29 is 38.1 Å². The van der Waals surface area contributed by atoms with E-state index in [-0.39, 0.29) is 59.4 Å². The summed E-state index contributed by atoms with van der Waals surface area (Å²) in [5.41, 5.74) is 1.72. The molecule has 0 aliphatic heterocycles. The molecule has 4 heterocycles. The van der Waals surface area contributed by atoms with Gasteiger partial charge in [-0.15, -0.1) is 0 Å². The molecule has 0 saturated heterocycles. The van der Waals surface area contributed by atoms with Gasteiger partial charge in [0.05, 0.1) is 25.0 Å². The van der Waals surface area contributed by atoms with Gasteiger partial charge in [-0.05, 0) is 35.9 Å². The Kier molecular flexibility index (Phi) is 11.0. The molecule has 0 saturated carbocycles. The van der Waals surface area contributed by atoms with E-state index in [1.54, 1.807) is 35.6 Å². The molecule has 0 radical (unpaired) electrons. The first-order valence-corrected chi connectivity index (χ1v) is 13.4. The summed E-state index contributed by atoms with van der Waals surface area (Å²) in [7, 11) is 0. The third-order valence-electron chi connectivity index (χ3n) is 6.08. The molecule has 1 aromatic carbocycles. The molecule has 14 nitrogen and oxygen atoms in total. The van der Waals surface area contributed by atoms with Crippen LogP contribution >= 0.6 is 11.6 Å². The molecule has 5 aromatic rings. The van der Waals surface area contributed by atoms with Crippen LogP contribution in [0, 0.1) is 0 Å². The molecule has 4 aromatic heterocycles. The molecular weight excluding hydrogens is 618 g/mol. The Hall–Kier alpha value is -5.48. The lowest BCUT2D eigenvalue weighted by Gasteiger charge is -2.20. The van der Waals surface area contributed by atoms with E-state index in [0.29, 0.717) is 12.2 Å². The first kappa shape index (κ1) is 32.4. The van der Waals surface area contributed by atoms with Crippen molar-refractivity contribution in [1.82, 2.24) is 34.3 Å². The molecule has 0 aliphatic rings. The van der Waals surface area contributed by atoms with E-state index in [4.69, 9.17) is 26.2 Å². The highest BCUT2D eigenvalue weighted by Gasteiger charge is 2.22. The zero-order chi connectivity index (χ0) is 32.3. The largest absolute Gasteiger partial charge is 0.483 e. The summed E-state index contributed by atoms with van der Waals surface area (Å²) < 4.78 is 34.1. The van der Waals surface area contributed by atoms with Crippen molar-refractivity contribution in [2.45, 2.75) is 19.7 Å². The molecular formula is C28H25ClF2N8O6. The quantitative estimate of drug-likeness (QED) is 0.169. The van der Waals surface area contributed by atoms with E-state index >= 15 is 0 Å². The zero-order valence-corrected chi connectivity index (χ0v) is 24.0. The van der Waals surface area contributed by atoms with Crippen molar-refractivity contribution in [3.05, 3.63) is 89.7 Å². The number of nitrogens with zero attached hydrogens (tertiary/aromatic N) is 7. The SMILES string of the molecule is O=C(O)CN(CCn1cc(NC(=O)c2cnn3cccnc23)c(-c2cc(Cl)ccc2OC(F)F)n1)Cc1cccnc1.O=CO. The fraction of sp³-hybridized carbons (Fsp3) is 0.179. The average molecular weight is 643 g/mol. The van der Waals surface area contributed by atoms with E-state index < -0.39 is 18.5 Å². The molecule has 0 bridgehead atoms. The molecule has 0 fully saturated rings. The molecule has 0 spiro atoms.